The van der Waals surface area contributed by atoms with E-state index in [4.69, 9.17) is 28.2 Å². The summed E-state index contributed by atoms with van der Waals surface area (Å²) in [6.07, 6.45) is 5.38. The van der Waals surface area contributed by atoms with Crippen LogP contribution in [0.5, 0.6) is 0 Å². The number of rotatable bonds is 5. The number of hydrogen-bond acceptors (Lipinski definition) is 3. The van der Waals surface area contributed by atoms with Gasteiger partial charge in [0.1, 0.15) is 11.6 Å². The average Bonchev–Trinajstić information content (AvgIpc) is 3.14. The second-order valence-corrected chi connectivity index (χ2v) is 6.91. The number of piperidine rings is 1. The summed E-state index contributed by atoms with van der Waals surface area (Å²) in [7, 11) is 0. The standard InChI is InChI=1S/C18H21ClFN3OS/c19-14-11-13(6-7-15(14)20)22-18(25)21-12-16(17-5-4-10-24-17)23-8-2-1-3-9-23/h4-7,10-11,16H,1-3,8-9,12H2,(H2,21,22,25). The molecule has 1 saturated heterocycles. The zero-order valence-electron chi connectivity index (χ0n) is 13.8. The van der Waals surface area contributed by atoms with Gasteiger partial charge in [0.05, 0.1) is 17.3 Å². The molecule has 0 saturated carbocycles. The van der Waals surface area contributed by atoms with E-state index in [1.807, 2.05) is 12.1 Å². The third-order valence-corrected chi connectivity index (χ3v) is 4.87. The van der Waals surface area contributed by atoms with E-state index in [1.165, 1.54) is 31.4 Å². The van der Waals surface area contributed by atoms with E-state index in [2.05, 4.69) is 15.5 Å². The highest BCUT2D eigenvalue weighted by atomic mass is 35.5. The molecule has 25 heavy (non-hydrogen) atoms. The predicted octanol–water partition coefficient (Wildman–Crippen LogP) is 4.59. The van der Waals surface area contributed by atoms with Crippen molar-refractivity contribution < 1.29 is 8.81 Å². The third-order valence-electron chi connectivity index (χ3n) is 4.34. The van der Waals surface area contributed by atoms with Crippen LogP contribution >= 0.6 is 23.8 Å². The molecule has 1 atom stereocenters. The van der Waals surface area contributed by atoms with E-state index in [9.17, 15) is 4.39 Å². The Balaban J connectivity index is 1.60. The summed E-state index contributed by atoms with van der Waals surface area (Å²) >= 11 is 11.1. The molecule has 1 fully saturated rings. The van der Waals surface area contributed by atoms with Crippen molar-refractivity contribution in [2.24, 2.45) is 0 Å². The topological polar surface area (TPSA) is 40.4 Å². The molecule has 0 radical (unpaired) electrons. The Labute approximate surface area is 157 Å². The highest BCUT2D eigenvalue weighted by Crippen LogP contribution is 2.24. The lowest BCUT2D eigenvalue weighted by Gasteiger charge is -2.33. The maximum atomic E-state index is 13.2. The van der Waals surface area contributed by atoms with Crippen LogP contribution in [0.4, 0.5) is 10.1 Å². The second-order valence-electron chi connectivity index (χ2n) is 6.09. The Morgan fingerprint density at radius 1 is 1.28 bits per heavy atom. The maximum absolute atomic E-state index is 13.2. The van der Waals surface area contributed by atoms with E-state index in [0.29, 0.717) is 17.3 Å². The fourth-order valence-corrected chi connectivity index (χ4v) is 3.44. The van der Waals surface area contributed by atoms with Gasteiger partial charge in [0.15, 0.2) is 5.11 Å². The first-order valence-electron chi connectivity index (χ1n) is 8.41. The number of halogens is 2. The molecule has 0 spiro atoms. The van der Waals surface area contributed by atoms with Crippen LogP contribution in [-0.4, -0.2) is 29.6 Å². The van der Waals surface area contributed by atoms with Gasteiger partial charge in [0.2, 0.25) is 0 Å². The van der Waals surface area contributed by atoms with Gasteiger partial charge in [0, 0.05) is 12.2 Å². The van der Waals surface area contributed by atoms with Gasteiger partial charge in [-0.1, -0.05) is 18.0 Å². The smallest absolute Gasteiger partial charge is 0.170 e. The summed E-state index contributed by atoms with van der Waals surface area (Å²) in [5.41, 5.74) is 0.649. The van der Waals surface area contributed by atoms with Gasteiger partial charge in [-0.2, -0.15) is 0 Å². The normalized spacial score (nSPS) is 16.4. The van der Waals surface area contributed by atoms with Crippen LogP contribution < -0.4 is 10.6 Å². The Morgan fingerprint density at radius 2 is 2.08 bits per heavy atom. The second kappa shape index (κ2) is 8.65. The van der Waals surface area contributed by atoms with Crippen molar-refractivity contribution in [3.8, 4) is 0 Å². The summed E-state index contributed by atoms with van der Waals surface area (Å²) in [5.74, 6) is 0.483. The van der Waals surface area contributed by atoms with E-state index >= 15 is 0 Å². The van der Waals surface area contributed by atoms with Crippen molar-refractivity contribution >= 4 is 34.6 Å². The Kier molecular flexibility index (Phi) is 6.29. The first-order valence-corrected chi connectivity index (χ1v) is 9.19. The number of nitrogens with one attached hydrogen (secondary N) is 2. The number of thiocarbonyl (C=S) groups is 1. The van der Waals surface area contributed by atoms with Crippen molar-refractivity contribution in [1.29, 1.82) is 0 Å². The summed E-state index contributed by atoms with van der Waals surface area (Å²) in [5, 5.41) is 6.80. The quantitative estimate of drug-likeness (QED) is 0.741. The first kappa shape index (κ1) is 18.2. The van der Waals surface area contributed by atoms with Crippen molar-refractivity contribution in [3.63, 3.8) is 0 Å². The van der Waals surface area contributed by atoms with E-state index in [0.717, 1.165) is 18.8 Å². The average molecular weight is 382 g/mol. The molecule has 0 amide bonds. The number of hydrogen-bond donors (Lipinski definition) is 2. The van der Waals surface area contributed by atoms with Gasteiger partial charge in [-0.3, -0.25) is 4.90 Å². The van der Waals surface area contributed by atoms with E-state index < -0.39 is 5.82 Å². The SMILES string of the molecule is Fc1ccc(NC(=S)NCC(c2ccco2)N2CCCCC2)cc1Cl. The monoisotopic (exact) mass is 381 g/mol. The third kappa shape index (κ3) is 4.93. The zero-order chi connectivity index (χ0) is 17.6. The molecule has 1 aliphatic rings. The summed E-state index contributed by atoms with van der Waals surface area (Å²) < 4.78 is 18.9. The van der Waals surface area contributed by atoms with Crippen LogP contribution in [0, 0.1) is 5.82 Å². The van der Waals surface area contributed by atoms with Gasteiger partial charge in [0.25, 0.3) is 0 Å². The van der Waals surface area contributed by atoms with Crippen LogP contribution in [0.3, 0.4) is 0 Å². The lowest BCUT2D eigenvalue weighted by Crippen LogP contribution is -2.41. The maximum Gasteiger partial charge on any atom is 0.170 e. The van der Waals surface area contributed by atoms with Crippen molar-refractivity contribution in [2.45, 2.75) is 25.3 Å². The zero-order valence-corrected chi connectivity index (χ0v) is 15.4. The van der Waals surface area contributed by atoms with Crippen LogP contribution in [0.15, 0.2) is 41.0 Å². The van der Waals surface area contributed by atoms with Crippen LogP contribution in [0.25, 0.3) is 0 Å². The predicted molar refractivity (Wildman–Crippen MR) is 103 cm³/mol. The van der Waals surface area contributed by atoms with Crippen LogP contribution in [0.2, 0.25) is 5.02 Å². The Hall–Kier alpha value is -1.63. The largest absolute Gasteiger partial charge is 0.468 e. The molecule has 0 aliphatic carbocycles. The van der Waals surface area contributed by atoms with Gasteiger partial charge < -0.3 is 15.1 Å². The molecule has 1 aromatic carbocycles. The molecule has 1 aliphatic heterocycles. The van der Waals surface area contributed by atoms with Gasteiger partial charge in [-0.05, 0) is 68.5 Å². The minimum atomic E-state index is -0.450. The molecule has 2 aromatic rings. The molecule has 3 rings (SSSR count). The van der Waals surface area contributed by atoms with Gasteiger partial charge in [-0.25, -0.2) is 4.39 Å². The van der Waals surface area contributed by atoms with Crippen molar-refractivity contribution in [1.82, 2.24) is 10.2 Å². The molecule has 1 unspecified atom stereocenters. The van der Waals surface area contributed by atoms with Gasteiger partial charge >= 0.3 is 0 Å². The molecule has 4 nitrogen and oxygen atoms in total. The minimum Gasteiger partial charge on any atom is -0.468 e. The number of anilines is 1. The summed E-state index contributed by atoms with van der Waals surface area (Å²) in [6.45, 7) is 2.75. The van der Waals surface area contributed by atoms with E-state index in [1.54, 1.807) is 12.3 Å². The first-order chi connectivity index (χ1) is 12.1. The Bertz CT molecular complexity index is 704. The number of furan rings is 1. The lowest BCUT2D eigenvalue weighted by molar-refractivity contribution is 0.146. The summed E-state index contributed by atoms with van der Waals surface area (Å²) in [4.78, 5) is 2.42. The molecular weight excluding hydrogens is 361 g/mol. The lowest BCUT2D eigenvalue weighted by atomic mass is 10.1. The highest BCUT2D eigenvalue weighted by molar-refractivity contribution is 7.80. The number of nitrogens with zero attached hydrogens (tertiary/aromatic N) is 1. The van der Waals surface area contributed by atoms with Crippen molar-refractivity contribution in [3.05, 3.63) is 53.2 Å². The molecule has 7 heteroatoms. The highest BCUT2D eigenvalue weighted by Gasteiger charge is 2.24. The fourth-order valence-electron chi connectivity index (χ4n) is 3.06. The van der Waals surface area contributed by atoms with Crippen molar-refractivity contribution in [2.75, 3.05) is 25.0 Å². The molecule has 0 bridgehead atoms. The van der Waals surface area contributed by atoms with Crippen LogP contribution in [-0.2, 0) is 0 Å². The van der Waals surface area contributed by atoms with Crippen LogP contribution in [0.1, 0.15) is 31.1 Å². The molecule has 2 N–H and O–H groups in total. The summed E-state index contributed by atoms with van der Waals surface area (Å²) in [6, 6.07) is 8.46. The number of benzene rings is 1. The molecular formula is C18H21ClFN3OS. The van der Waals surface area contributed by atoms with Gasteiger partial charge in [-0.15, -0.1) is 0 Å². The molecule has 2 heterocycles. The molecule has 1 aromatic heterocycles. The fraction of sp³-hybridized carbons (Fsp3) is 0.389. The minimum absolute atomic E-state index is 0.0644. The Morgan fingerprint density at radius 3 is 2.76 bits per heavy atom. The molecule has 134 valence electrons. The number of likely N-dealkylation sites (tertiary alicyclic amines) is 1. The van der Waals surface area contributed by atoms with E-state index in [-0.39, 0.29) is 11.1 Å².